The van der Waals surface area contributed by atoms with E-state index in [1.165, 1.54) is 4.90 Å². The van der Waals surface area contributed by atoms with Crippen molar-refractivity contribution in [3.05, 3.63) is 77.5 Å². The summed E-state index contributed by atoms with van der Waals surface area (Å²) in [5.74, 6) is 2.28. The lowest BCUT2D eigenvalue weighted by molar-refractivity contribution is 0.204. The molecule has 4 rings (SSSR count). The highest BCUT2D eigenvalue weighted by Gasteiger charge is 2.21. The number of nitrogens with zero attached hydrogens (tertiary/aromatic N) is 3. The van der Waals surface area contributed by atoms with Crippen LogP contribution < -0.4 is 19.1 Å². The van der Waals surface area contributed by atoms with Crippen molar-refractivity contribution in [2.75, 3.05) is 19.1 Å². The highest BCUT2D eigenvalue weighted by atomic mass is 16.5. The molecule has 0 saturated heterocycles. The smallest absolute Gasteiger partial charge is 0.416 e. The van der Waals surface area contributed by atoms with Gasteiger partial charge in [-0.2, -0.15) is 5.26 Å². The van der Waals surface area contributed by atoms with Gasteiger partial charge >= 0.3 is 6.09 Å². The quantitative estimate of drug-likeness (QED) is 0.351. The Labute approximate surface area is 202 Å². The Bertz CT molecular complexity index is 1460. The van der Waals surface area contributed by atoms with E-state index in [0.29, 0.717) is 51.0 Å². The predicted octanol–water partition coefficient (Wildman–Crippen LogP) is 6.35. The van der Waals surface area contributed by atoms with Gasteiger partial charge in [0.2, 0.25) is 0 Å². The maximum absolute atomic E-state index is 12.2. The summed E-state index contributed by atoms with van der Waals surface area (Å²) in [6, 6.07) is 17.3. The number of hydrogen-bond donors (Lipinski definition) is 1. The van der Waals surface area contributed by atoms with E-state index in [1.54, 1.807) is 68.9 Å². The van der Waals surface area contributed by atoms with Gasteiger partial charge in [-0.3, -0.25) is 4.98 Å². The Balaban J connectivity index is 1.74. The van der Waals surface area contributed by atoms with Crippen LogP contribution in [0.1, 0.15) is 16.7 Å². The number of carbonyl (C=O) groups is 1. The Kier molecular flexibility index (Phi) is 6.42. The van der Waals surface area contributed by atoms with Gasteiger partial charge in [-0.15, -0.1) is 0 Å². The molecule has 1 N–H and O–H groups in total. The third-order valence-electron chi connectivity index (χ3n) is 5.61. The van der Waals surface area contributed by atoms with E-state index < -0.39 is 6.09 Å². The van der Waals surface area contributed by atoms with E-state index in [-0.39, 0.29) is 0 Å². The van der Waals surface area contributed by atoms with Crippen LogP contribution in [0, 0.1) is 25.2 Å². The van der Waals surface area contributed by atoms with Crippen LogP contribution in [0.15, 0.2) is 60.8 Å². The zero-order valence-corrected chi connectivity index (χ0v) is 19.7. The van der Waals surface area contributed by atoms with E-state index in [9.17, 15) is 9.90 Å². The predicted molar refractivity (Wildman–Crippen MR) is 132 cm³/mol. The molecule has 0 fully saturated rings. The van der Waals surface area contributed by atoms with Crippen molar-refractivity contribution in [3.8, 4) is 29.1 Å². The first-order valence-corrected chi connectivity index (χ1v) is 10.7. The summed E-state index contributed by atoms with van der Waals surface area (Å²) >= 11 is 0. The van der Waals surface area contributed by atoms with Crippen LogP contribution in [-0.2, 0) is 0 Å². The number of hydrogen-bond acceptors (Lipinski definition) is 6. The normalized spacial score (nSPS) is 10.5. The molecular weight excluding hydrogens is 446 g/mol. The number of benzene rings is 3. The van der Waals surface area contributed by atoms with Gasteiger partial charge < -0.3 is 19.3 Å². The fourth-order valence-electron chi connectivity index (χ4n) is 3.82. The Morgan fingerprint density at radius 2 is 1.60 bits per heavy atom. The minimum atomic E-state index is -1.13. The molecule has 4 aromatic rings. The summed E-state index contributed by atoms with van der Waals surface area (Å²) in [6.07, 6.45) is 0.518. The summed E-state index contributed by atoms with van der Waals surface area (Å²) in [4.78, 5) is 17.7. The van der Waals surface area contributed by atoms with Crippen LogP contribution in [0.5, 0.6) is 23.0 Å². The van der Waals surface area contributed by atoms with Gasteiger partial charge in [0.25, 0.3) is 0 Å². The van der Waals surface area contributed by atoms with Crippen LogP contribution in [-0.4, -0.2) is 30.4 Å². The zero-order valence-electron chi connectivity index (χ0n) is 19.7. The minimum Gasteiger partial charge on any atom is -0.493 e. The number of carboxylic acid groups (broad SMARTS) is 1. The van der Waals surface area contributed by atoms with E-state index in [0.717, 1.165) is 10.9 Å². The molecule has 0 aliphatic rings. The largest absolute Gasteiger partial charge is 0.493 e. The molecule has 35 heavy (non-hydrogen) atoms. The van der Waals surface area contributed by atoms with Crippen molar-refractivity contribution >= 4 is 28.4 Å². The summed E-state index contributed by atoms with van der Waals surface area (Å²) < 4.78 is 17.1. The summed E-state index contributed by atoms with van der Waals surface area (Å²) in [6.45, 7) is 3.67. The number of fused-ring (bicyclic) bond motifs is 1. The van der Waals surface area contributed by atoms with Crippen molar-refractivity contribution in [3.63, 3.8) is 0 Å². The molecule has 3 aromatic carbocycles. The monoisotopic (exact) mass is 469 g/mol. The van der Waals surface area contributed by atoms with Crippen LogP contribution in [0.2, 0.25) is 0 Å². The van der Waals surface area contributed by atoms with Crippen molar-refractivity contribution in [1.82, 2.24) is 4.98 Å². The van der Waals surface area contributed by atoms with Gasteiger partial charge in [0.05, 0.1) is 42.7 Å². The van der Waals surface area contributed by atoms with Crippen molar-refractivity contribution in [2.24, 2.45) is 0 Å². The summed E-state index contributed by atoms with van der Waals surface area (Å²) in [5.41, 5.74) is 3.52. The van der Waals surface area contributed by atoms with Gasteiger partial charge in [0, 0.05) is 17.6 Å². The minimum absolute atomic E-state index is 0.439. The number of rotatable bonds is 6. The van der Waals surface area contributed by atoms with E-state index in [2.05, 4.69) is 4.98 Å². The van der Waals surface area contributed by atoms with Gasteiger partial charge in [-0.25, -0.2) is 9.69 Å². The van der Waals surface area contributed by atoms with Crippen molar-refractivity contribution in [1.29, 1.82) is 5.26 Å². The second-order valence-corrected chi connectivity index (χ2v) is 7.82. The molecule has 0 bridgehead atoms. The van der Waals surface area contributed by atoms with Crippen LogP contribution in [0.4, 0.5) is 16.2 Å². The lowest BCUT2D eigenvalue weighted by atomic mass is 10.1. The third-order valence-corrected chi connectivity index (χ3v) is 5.61. The van der Waals surface area contributed by atoms with Gasteiger partial charge in [-0.05, 0) is 73.5 Å². The standard InChI is InChI=1S/C27H23N3O5/c1-16-12-24(35-23-9-10-29-21-14-26(34-4)25(33-3)13-20(21)23)17(2)11-22(16)30(27(31)32)19-7-5-18(15-28)6-8-19/h5-14H,1-4H3,(H,31,32). The topological polar surface area (TPSA) is 105 Å². The number of pyridine rings is 1. The van der Waals surface area contributed by atoms with E-state index in [1.807, 2.05) is 26.0 Å². The Morgan fingerprint density at radius 1 is 0.914 bits per heavy atom. The molecule has 0 spiro atoms. The van der Waals surface area contributed by atoms with Gasteiger partial charge in [0.1, 0.15) is 11.5 Å². The number of nitriles is 1. The number of aryl methyl sites for hydroxylation is 2. The maximum atomic E-state index is 12.2. The fraction of sp³-hybridized carbons (Fsp3) is 0.148. The number of ether oxygens (including phenoxy) is 3. The average Bonchev–Trinajstić information content (AvgIpc) is 2.86. The van der Waals surface area contributed by atoms with Gasteiger partial charge in [0.15, 0.2) is 11.5 Å². The molecule has 1 amide bonds. The molecule has 0 aliphatic carbocycles. The summed E-state index contributed by atoms with van der Waals surface area (Å²) in [5, 5.41) is 19.7. The number of amides is 1. The number of methoxy groups -OCH3 is 2. The molecule has 8 heteroatoms. The first-order valence-electron chi connectivity index (χ1n) is 10.7. The third kappa shape index (κ3) is 4.52. The summed E-state index contributed by atoms with van der Waals surface area (Å²) in [7, 11) is 3.13. The first kappa shape index (κ1) is 23.4. The Morgan fingerprint density at radius 3 is 2.23 bits per heavy atom. The molecule has 0 saturated carbocycles. The van der Waals surface area contributed by atoms with E-state index in [4.69, 9.17) is 19.5 Å². The SMILES string of the molecule is COc1cc2nccc(Oc3cc(C)c(N(C(=O)O)c4ccc(C#N)cc4)cc3C)c2cc1OC. The average molecular weight is 469 g/mol. The van der Waals surface area contributed by atoms with Crippen molar-refractivity contribution in [2.45, 2.75) is 13.8 Å². The van der Waals surface area contributed by atoms with Crippen LogP contribution in [0.3, 0.4) is 0 Å². The first-order chi connectivity index (χ1) is 16.9. The molecule has 0 radical (unpaired) electrons. The molecule has 1 aromatic heterocycles. The highest BCUT2D eigenvalue weighted by Crippen LogP contribution is 2.39. The molecule has 8 nitrogen and oxygen atoms in total. The van der Waals surface area contributed by atoms with Gasteiger partial charge in [-0.1, -0.05) is 0 Å². The molecule has 0 atom stereocenters. The lowest BCUT2D eigenvalue weighted by Crippen LogP contribution is -2.24. The van der Waals surface area contributed by atoms with E-state index >= 15 is 0 Å². The van der Waals surface area contributed by atoms with Crippen LogP contribution >= 0.6 is 0 Å². The molecule has 1 heterocycles. The Hall–Kier alpha value is -4.77. The van der Waals surface area contributed by atoms with Crippen molar-refractivity contribution < 1.29 is 24.1 Å². The lowest BCUT2D eigenvalue weighted by Gasteiger charge is -2.23. The molecular formula is C27H23N3O5. The molecule has 176 valence electrons. The zero-order chi connectivity index (χ0) is 25.1. The molecule has 0 aliphatic heterocycles. The van der Waals surface area contributed by atoms with Crippen LogP contribution in [0.25, 0.3) is 10.9 Å². The maximum Gasteiger partial charge on any atom is 0.416 e. The second kappa shape index (κ2) is 9.61. The number of anilines is 2. The number of aromatic nitrogens is 1. The molecule has 0 unspecified atom stereocenters. The highest BCUT2D eigenvalue weighted by molar-refractivity contribution is 5.96. The second-order valence-electron chi connectivity index (χ2n) is 7.82. The fourth-order valence-corrected chi connectivity index (χ4v) is 3.82.